The van der Waals surface area contributed by atoms with Crippen molar-refractivity contribution in [2.75, 3.05) is 5.75 Å². The second-order valence-electron chi connectivity index (χ2n) is 3.24. The van der Waals surface area contributed by atoms with Crippen molar-refractivity contribution in [3.63, 3.8) is 0 Å². The maximum absolute atomic E-state index is 5.71. The quantitative estimate of drug-likeness (QED) is 0.728. The summed E-state index contributed by atoms with van der Waals surface area (Å²) < 4.78 is 1.87. The summed E-state index contributed by atoms with van der Waals surface area (Å²) >= 11 is 1.94. The Kier molecular flexibility index (Phi) is 2.80. The minimum atomic E-state index is 0.532. The smallest absolute Gasteiger partial charge is 0.102 e. The zero-order valence-electron chi connectivity index (χ0n) is 7.99. The van der Waals surface area contributed by atoms with Gasteiger partial charge in [0.2, 0.25) is 0 Å². The zero-order chi connectivity index (χ0) is 9.97. The fourth-order valence-electron chi connectivity index (χ4n) is 1.75. The predicted octanol–water partition coefficient (Wildman–Crippen LogP) is 0.764. The van der Waals surface area contributed by atoms with Crippen LogP contribution in [-0.2, 0) is 25.3 Å². The van der Waals surface area contributed by atoms with E-state index in [0.29, 0.717) is 13.1 Å². The molecule has 2 heterocycles. The standard InChI is InChI=1S/C10H13N3S/c1-2-4-13-10(6-11)8-7-14-5-3-9(8)12-13/h1H,3-7,11H2. The molecule has 0 fully saturated rings. The molecule has 2 N–H and O–H groups in total. The van der Waals surface area contributed by atoms with Gasteiger partial charge in [0, 0.05) is 24.3 Å². The first kappa shape index (κ1) is 9.63. The topological polar surface area (TPSA) is 43.8 Å². The van der Waals surface area contributed by atoms with Gasteiger partial charge in [-0.3, -0.25) is 4.68 Å². The largest absolute Gasteiger partial charge is 0.325 e. The molecule has 0 atom stereocenters. The van der Waals surface area contributed by atoms with E-state index >= 15 is 0 Å². The monoisotopic (exact) mass is 207 g/mol. The van der Waals surface area contributed by atoms with Crippen LogP contribution in [0, 0.1) is 12.3 Å². The summed E-state index contributed by atoms with van der Waals surface area (Å²) in [6.07, 6.45) is 6.33. The van der Waals surface area contributed by atoms with Gasteiger partial charge in [0.05, 0.1) is 11.4 Å². The summed E-state index contributed by atoms with van der Waals surface area (Å²) in [6, 6.07) is 0. The Hall–Kier alpha value is -0.920. The molecule has 0 amide bonds. The van der Waals surface area contributed by atoms with E-state index in [0.717, 1.165) is 23.6 Å². The summed E-state index contributed by atoms with van der Waals surface area (Å²) in [7, 11) is 0. The highest BCUT2D eigenvalue weighted by Crippen LogP contribution is 2.26. The molecule has 0 bridgehead atoms. The molecule has 0 saturated carbocycles. The van der Waals surface area contributed by atoms with Gasteiger partial charge >= 0.3 is 0 Å². The number of nitrogens with two attached hydrogens (primary N) is 1. The highest BCUT2D eigenvalue weighted by molar-refractivity contribution is 7.98. The lowest BCUT2D eigenvalue weighted by atomic mass is 10.1. The average Bonchev–Trinajstić information content (AvgIpc) is 2.55. The number of rotatable bonds is 2. The van der Waals surface area contributed by atoms with Crippen LogP contribution in [-0.4, -0.2) is 15.5 Å². The molecule has 1 aromatic heterocycles. The van der Waals surface area contributed by atoms with Crippen molar-refractivity contribution in [2.24, 2.45) is 5.73 Å². The molecular weight excluding hydrogens is 194 g/mol. The van der Waals surface area contributed by atoms with Crippen molar-refractivity contribution >= 4 is 11.8 Å². The Morgan fingerprint density at radius 3 is 3.21 bits per heavy atom. The lowest BCUT2D eigenvalue weighted by Gasteiger charge is -2.09. The van der Waals surface area contributed by atoms with Crippen LogP contribution in [0.5, 0.6) is 0 Å². The third-order valence-corrected chi connectivity index (χ3v) is 3.40. The van der Waals surface area contributed by atoms with Crippen LogP contribution < -0.4 is 5.73 Å². The predicted molar refractivity (Wildman–Crippen MR) is 58.8 cm³/mol. The van der Waals surface area contributed by atoms with Crippen molar-refractivity contribution in [3.8, 4) is 12.3 Å². The fraction of sp³-hybridized carbons (Fsp3) is 0.500. The maximum Gasteiger partial charge on any atom is 0.102 e. The molecule has 0 aliphatic carbocycles. The van der Waals surface area contributed by atoms with Crippen molar-refractivity contribution in [3.05, 3.63) is 17.0 Å². The number of fused-ring (bicyclic) bond motifs is 1. The van der Waals surface area contributed by atoms with Crippen LogP contribution in [0.3, 0.4) is 0 Å². The van der Waals surface area contributed by atoms with E-state index in [1.165, 1.54) is 11.3 Å². The zero-order valence-corrected chi connectivity index (χ0v) is 8.81. The average molecular weight is 207 g/mol. The fourth-order valence-corrected chi connectivity index (χ4v) is 2.76. The van der Waals surface area contributed by atoms with Crippen LogP contribution >= 0.6 is 11.8 Å². The number of thioether (sulfide) groups is 1. The van der Waals surface area contributed by atoms with Gasteiger partial charge in [0.25, 0.3) is 0 Å². The van der Waals surface area contributed by atoms with Crippen molar-refractivity contribution < 1.29 is 0 Å². The third kappa shape index (κ3) is 1.54. The molecule has 2 rings (SSSR count). The van der Waals surface area contributed by atoms with Gasteiger partial charge in [-0.2, -0.15) is 16.9 Å². The van der Waals surface area contributed by atoms with Gasteiger partial charge < -0.3 is 5.73 Å². The summed E-state index contributed by atoms with van der Waals surface area (Å²) in [5, 5.41) is 4.49. The minimum absolute atomic E-state index is 0.532. The molecule has 3 nitrogen and oxygen atoms in total. The molecule has 74 valence electrons. The van der Waals surface area contributed by atoms with Crippen LogP contribution in [0.1, 0.15) is 17.0 Å². The van der Waals surface area contributed by atoms with E-state index in [1.807, 2.05) is 16.4 Å². The number of hydrogen-bond acceptors (Lipinski definition) is 3. The van der Waals surface area contributed by atoms with Crippen LogP contribution in [0.25, 0.3) is 0 Å². The van der Waals surface area contributed by atoms with Crippen molar-refractivity contribution in [1.82, 2.24) is 9.78 Å². The molecule has 0 saturated heterocycles. The molecule has 1 aliphatic rings. The Morgan fingerprint density at radius 2 is 2.50 bits per heavy atom. The number of hydrogen-bond donors (Lipinski definition) is 1. The Morgan fingerprint density at radius 1 is 1.64 bits per heavy atom. The summed E-state index contributed by atoms with van der Waals surface area (Å²) in [5.41, 5.74) is 9.34. The van der Waals surface area contributed by atoms with E-state index < -0.39 is 0 Å². The number of terminal acetylenes is 1. The van der Waals surface area contributed by atoms with Crippen molar-refractivity contribution in [1.29, 1.82) is 0 Å². The van der Waals surface area contributed by atoms with E-state index in [9.17, 15) is 0 Å². The van der Waals surface area contributed by atoms with Crippen LogP contribution in [0.15, 0.2) is 0 Å². The van der Waals surface area contributed by atoms with E-state index in [2.05, 4.69) is 11.0 Å². The van der Waals surface area contributed by atoms with Crippen LogP contribution in [0.2, 0.25) is 0 Å². The van der Waals surface area contributed by atoms with Crippen LogP contribution in [0.4, 0.5) is 0 Å². The Labute approximate surface area is 88.0 Å². The summed E-state index contributed by atoms with van der Waals surface area (Å²) in [4.78, 5) is 0. The molecule has 0 radical (unpaired) electrons. The summed E-state index contributed by atoms with van der Waals surface area (Å²) in [6.45, 7) is 1.06. The highest BCUT2D eigenvalue weighted by Gasteiger charge is 2.19. The lowest BCUT2D eigenvalue weighted by Crippen LogP contribution is -2.09. The van der Waals surface area contributed by atoms with Crippen molar-refractivity contribution in [2.45, 2.75) is 25.3 Å². The molecule has 1 aromatic rings. The van der Waals surface area contributed by atoms with Gasteiger partial charge in [-0.1, -0.05) is 5.92 Å². The molecular formula is C10H13N3S. The van der Waals surface area contributed by atoms with E-state index in [1.54, 1.807) is 0 Å². The maximum atomic E-state index is 5.71. The number of nitrogens with zero attached hydrogens (tertiary/aromatic N) is 2. The van der Waals surface area contributed by atoms with E-state index in [4.69, 9.17) is 12.2 Å². The third-order valence-electron chi connectivity index (χ3n) is 2.41. The molecule has 0 aromatic carbocycles. The highest BCUT2D eigenvalue weighted by atomic mass is 32.2. The Bertz CT molecular complexity index is 375. The number of aromatic nitrogens is 2. The molecule has 14 heavy (non-hydrogen) atoms. The van der Waals surface area contributed by atoms with Gasteiger partial charge in [-0.15, -0.1) is 6.42 Å². The van der Waals surface area contributed by atoms with Gasteiger partial charge in [0.15, 0.2) is 0 Å². The Balaban J connectivity index is 2.42. The van der Waals surface area contributed by atoms with Gasteiger partial charge in [-0.05, 0) is 5.75 Å². The first-order valence-corrected chi connectivity index (χ1v) is 5.81. The second kappa shape index (κ2) is 4.07. The molecule has 0 spiro atoms. The second-order valence-corrected chi connectivity index (χ2v) is 4.35. The normalized spacial score (nSPS) is 14.9. The SMILES string of the molecule is C#CCn1nc2c(c1CN)CSCC2. The van der Waals surface area contributed by atoms with E-state index in [-0.39, 0.29) is 0 Å². The molecule has 4 heteroatoms. The minimum Gasteiger partial charge on any atom is -0.325 e. The van der Waals surface area contributed by atoms with Gasteiger partial charge in [0.1, 0.15) is 6.54 Å². The first-order valence-electron chi connectivity index (χ1n) is 4.65. The lowest BCUT2D eigenvalue weighted by molar-refractivity contribution is 0.659. The molecule has 1 aliphatic heterocycles. The van der Waals surface area contributed by atoms with Gasteiger partial charge in [-0.25, -0.2) is 0 Å². The molecule has 0 unspecified atom stereocenters. The summed E-state index contributed by atoms with van der Waals surface area (Å²) in [5.74, 6) is 4.80. The first-order chi connectivity index (χ1) is 6.86. The number of aryl methyl sites for hydroxylation is 1.